The first-order valence-corrected chi connectivity index (χ1v) is 12.1. The Labute approximate surface area is 211 Å². The van der Waals surface area contributed by atoms with Gasteiger partial charge in [0.1, 0.15) is 11.3 Å². The number of nitrogens with zero attached hydrogens (tertiary/aromatic N) is 8. The third-order valence-electron chi connectivity index (χ3n) is 6.98. The van der Waals surface area contributed by atoms with Crippen LogP contribution in [0.2, 0.25) is 0 Å². The quantitative estimate of drug-likeness (QED) is 0.371. The van der Waals surface area contributed by atoms with Crippen LogP contribution in [0.1, 0.15) is 24.4 Å². The summed E-state index contributed by atoms with van der Waals surface area (Å²) in [6, 6.07) is 13.7. The summed E-state index contributed by atoms with van der Waals surface area (Å²) in [6.45, 7) is 4.43. The standard InChI is InChI=1S/C26H25F2N9/c1-3-36-14-18(16-4-6-19(27)20(28)12-16)24(15-36)37-23-7-5-17(13-22(23)33-34-37)21-8-10-29-26(31-21)32-25-9-11-30-35(25)2/h4-13,18,24H,3,14-15H2,1-2H3,(H,29,31,32)/t18-,24+/m0/s1. The van der Waals surface area contributed by atoms with E-state index in [1.165, 1.54) is 12.1 Å². The van der Waals surface area contributed by atoms with E-state index in [9.17, 15) is 8.78 Å². The Morgan fingerprint density at radius 1 is 1.00 bits per heavy atom. The summed E-state index contributed by atoms with van der Waals surface area (Å²) in [5, 5.41) is 16.3. The fraction of sp³-hybridized carbons (Fsp3) is 0.269. The van der Waals surface area contributed by atoms with Crippen LogP contribution in [-0.2, 0) is 7.05 Å². The lowest BCUT2D eigenvalue weighted by molar-refractivity contribution is 0.336. The van der Waals surface area contributed by atoms with E-state index in [1.54, 1.807) is 23.1 Å². The molecular weight excluding hydrogens is 476 g/mol. The van der Waals surface area contributed by atoms with Gasteiger partial charge in [-0.15, -0.1) is 5.10 Å². The van der Waals surface area contributed by atoms with Gasteiger partial charge in [-0.25, -0.2) is 23.4 Å². The van der Waals surface area contributed by atoms with Crippen molar-refractivity contribution in [3.63, 3.8) is 0 Å². The van der Waals surface area contributed by atoms with Crippen molar-refractivity contribution in [2.75, 3.05) is 25.0 Å². The van der Waals surface area contributed by atoms with Crippen LogP contribution in [-0.4, -0.2) is 59.3 Å². The molecule has 1 aliphatic heterocycles. The van der Waals surface area contributed by atoms with Crippen molar-refractivity contribution in [1.82, 2.24) is 39.6 Å². The molecule has 5 aromatic rings. The van der Waals surface area contributed by atoms with Crippen LogP contribution in [0.3, 0.4) is 0 Å². The Morgan fingerprint density at radius 2 is 1.89 bits per heavy atom. The molecule has 1 aliphatic rings. The van der Waals surface area contributed by atoms with Gasteiger partial charge in [0.05, 0.1) is 23.4 Å². The molecule has 0 saturated carbocycles. The zero-order valence-corrected chi connectivity index (χ0v) is 20.4. The summed E-state index contributed by atoms with van der Waals surface area (Å²) in [4.78, 5) is 11.2. The van der Waals surface area contributed by atoms with Gasteiger partial charge in [0.15, 0.2) is 11.6 Å². The molecule has 0 spiro atoms. The summed E-state index contributed by atoms with van der Waals surface area (Å²) in [5.74, 6) is -0.468. The van der Waals surface area contributed by atoms with Gasteiger partial charge in [-0.3, -0.25) is 4.68 Å². The normalized spacial score (nSPS) is 18.1. The molecular formula is C26H25F2N9. The van der Waals surface area contributed by atoms with E-state index in [4.69, 9.17) is 0 Å². The van der Waals surface area contributed by atoms with E-state index in [-0.39, 0.29) is 12.0 Å². The first kappa shape index (κ1) is 23.2. The molecule has 1 saturated heterocycles. The summed E-state index contributed by atoms with van der Waals surface area (Å²) in [7, 11) is 1.84. The van der Waals surface area contributed by atoms with Crippen molar-refractivity contribution >= 4 is 22.8 Å². The number of rotatable bonds is 6. The Bertz CT molecular complexity index is 1580. The molecule has 0 unspecified atom stereocenters. The molecule has 1 N–H and O–H groups in total. The van der Waals surface area contributed by atoms with E-state index in [1.807, 2.05) is 42.1 Å². The second-order valence-electron chi connectivity index (χ2n) is 9.17. The number of halogens is 2. The molecule has 0 bridgehead atoms. The first-order valence-electron chi connectivity index (χ1n) is 12.1. The maximum atomic E-state index is 14.1. The smallest absolute Gasteiger partial charge is 0.228 e. The lowest BCUT2D eigenvalue weighted by Gasteiger charge is -2.20. The molecule has 188 valence electrons. The summed E-state index contributed by atoms with van der Waals surface area (Å²) in [6.07, 6.45) is 3.40. The SMILES string of the molecule is CCN1C[C@@H](n2nnc3cc(-c4ccnc(Nc5ccnn5C)n4)ccc32)[C@H](c2ccc(F)c(F)c2)C1. The largest absolute Gasteiger partial charge is 0.309 e. The molecule has 0 aliphatic carbocycles. The van der Waals surface area contributed by atoms with Crippen molar-refractivity contribution in [3.05, 3.63) is 78.1 Å². The lowest BCUT2D eigenvalue weighted by Crippen LogP contribution is -2.21. The third kappa shape index (κ3) is 4.31. The van der Waals surface area contributed by atoms with E-state index in [2.05, 4.69) is 42.5 Å². The number of hydrogen-bond donors (Lipinski definition) is 1. The van der Waals surface area contributed by atoms with Crippen LogP contribution in [0.5, 0.6) is 0 Å². The van der Waals surface area contributed by atoms with Gasteiger partial charge in [-0.1, -0.05) is 24.3 Å². The number of likely N-dealkylation sites (tertiary alicyclic amines) is 1. The zero-order valence-electron chi connectivity index (χ0n) is 20.4. The molecule has 1 fully saturated rings. The Morgan fingerprint density at radius 3 is 2.68 bits per heavy atom. The fourth-order valence-corrected chi connectivity index (χ4v) is 4.98. The number of hydrogen-bond acceptors (Lipinski definition) is 7. The highest BCUT2D eigenvalue weighted by molar-refractivity contribution is 5.81. The second-order valence-corrected chi connectivity index (χ2v) is 9.17. The highest BCUT2D eigenvalue weighted by Crippen LogP contribution is 2.38. The minimum Gasteiger partial charge on any atom is -0.309 e. The monoisotopic (exact) mass is 501 g/mol. The number of nitrogens with one attached hydrogen (secondary N) is 1. The molecule has 0 radical (unpaired) electrons. The lowest BCUT2D eigenvalue weighted by atomic mass is 9.94. The van der Waals surface area contributed by atoms with Gasteiger partial charge < -0.3 is 10.2 Å². The Kier molecular flexibility index (Phi) is 5.84. The minimum absolute atomic E-state index is 0.0397. The fourth-order valence-electron chi connectivity index (χ4n) is 4.98. The van der Waals surface area contributed by atoms with Crippen LogP contribution in [0.15, 0.2) is 60.9 Å². The van der Waals surface area contributed by atoms with Crippen molar-refractivity contribution in [3.8, 4) is 11.3 Å². The molecule has 9 nitrogen and oxygen atoms in total. The minimum atomic E-state index is -0.840. The predicted octanol–water partition coefficient (Wildman–Crippen LogP) is 4.30. The van der Waals surface area contributed by atoms with Gasteiger partial charge >= 0.3 is 0 Å². The van der Waals surface area contributed by atoms with Crippen LogP contribution < -0.4 is 5.32 Å². The van der Waals surface area contributed by atoms with Crippen LogP contribution in [0.25, 0.3) is 22.3 Å². The van der Waals surface area contributed by atoms with Crippen molar-refractivity contribution < 1.29 is 8.78 Å². The third-order valence-corrected chi connectivity index (χ3v) is 6.98. The number of aromatic nitrogens is 7. The van der Waals surface area contributed by atoms with Crippen LogP contribution in [0.4, 0.5) is 20.5 Å². The van der Waals surface area contributed by atoms with Crippen molar-refractivity contribution in [2.24, 2.45) is 7.05 Å². The maximum absolute atomic E-state index is 14.1. The Hall–Kier alpha value is -4.25. The average molecular weight is 502 g/mol. The molecule has 4 heterocycles. The zero-order chi connectivity index (χ0) is 25.5. The van der Waals surface area contributed by atoms with Crippen LogP contribution in [0, 0.1) is 11.6 Å². The molecule has 0 amide bonds. The summed E-state index contributed by atoms with van der Waals surface area (Å²) < 4.78 is 31.3. The number of anilines is 2. The molecule has 11 heteroatoms. The van der Waals surface area contributed by atoms with Crippen molar-refractivity contribution in [2.45, 2.75) is 18.9 Å². The van der Waals surface area contributed by atoms with Crippen molar-refractivity contribution in [1.29, 1.82) is 0 Å². The van der Waals surface area contributed by atoms with E-state index in [0.717, 1.165) is 53.3 Å². The Balaban J connectivity index is 1.32. The first-order chi connectivity index (χ1) is 18.0. The van der Waals surface area contributed by atoms with Gasteiger partial charge in [-0.05, 0) is 42.4 Å². The molecule has 3 aromatic heterocycles. The topological polar surface area (TPSA) is 89.6 Å². The number of aryl methyl sites for hydroxylation is 1. The number of fused-ring (bicyclic) bond motifs is 1. The van der Waals surface area contributed by atoms with E-state index in [0.29, 0.717) is 5.95 Å². The summed E-state index contributed by atoms with van der Waals surface area (Å²) in [5.41, 5.74) is 4.00. The average Bonchev–Trinajstić information content (AvgIpc) is 3.64. The van der Waals surface area contributed by atoms with Gasteiger partial charge in [0, 0.05) is 43.9 Å². The van der Waals surface area contributed by atoms with Gasteiger partial charge in [0.2, 0.25) is 5.95 Å². The predicted molar refractivity (Wildman–Crippen MR) is 135 cm³/mol. The molecule has 2 aromatic carbocycles. The van der Waals surface area contributed by atoms with Gasteiger partial charge in [-0.2, -0.15) is 5.10 Å². The molecule has 2 atom stereocenters. The summed E-state index contributed by atoms with van der Waals surface area (Å²) >= 11 is 0. The number of likely N-dealkylation sites (N-methyl/N-ethyl adjacent to an activating group) is 1. The molecule has 6 rings (SSSR count). The molecule has 37 heavy (non-hydrogen) atoms. The maximum Gasteiger partial charge on any atom is 0.228 e. The van der Waals surface area contributed by atoms with Crippen LogP contribution >= 0.6 is 0 Å². The highest BCUT2D eigenvalue weighted by Gasteiger charge is 2.36. The second kappa shape index (κ2) is 9.32. The van der Waals surface area contributed by atoms with E-state index < -0.39 is 11.6 Å². The van der Waals surface area contributed by atoms with Gasteiger partial charge in [0.25, 0.3) is 0 Å². The van der Waals surface area contributed by atoms with E-state index >= 15 is 0 Å². The number of benzene rings is 2. The highest BCUT2D eigenvalue weighted by atomic mass is 19.2.